The maximum absolute atomic E-state index is 12.4. The van der Waals surface area contributed by atoms with Crippen LogP contribution in [0.5, 0.6) is 0 Å². The number of hydrogen-bond donors (Lipinski definition) is 1. The van der Waals surface area contributed by atoms with E-state index >= 15 is 0 Å². The first-order valence-corrected chi connectivity index (χ1v) is 8.59. The Hall–Kier alpha value is -2.21. The van der Waals surface area contributed by atoms with Crippen molar-refractivity contribution in [2.75, 3.05) is 20.1 Å². The van der Waals surface area contributed by atoms with Crippen molar-refractivity contribution in [3.8, 4) is 0 Å². The molecule has 1 aromatic carbocycles. The molecule has 1 aliphatic rings. The molecule has 1 N–H and O–H groups in total. The van der Waals surface area contributed by atoms with Crippen molar-refractivity contribution in [2.24, 2.45) is 0 Å². The van der Waals surface area contributed by atoms with E-state index in [0.717, 1.165) is 31.2 Å². The van der Waals surface area contributed by atoms with Crippen molar-refractivity contribution in [1.82, 2.24) is 20.0 Å². The lowest BCUT2D eigenvalue weighted by molar-refractivity contribution is -0.126. The zero-order valence-corrected chi connectivity index (χ0v) is 14.1. The number of fused-ring (bicyclic) bond motifs is 1. The van der Waals surface area contributed by atoms with Crippen LogP contribution < -0.4 is 10.9 Å². The summed E-state index contributed by atoms with van der Waals surface area (Å²) in [6.45, 7) is 1.75. The first-order valence-electron chi connectivity index (χ1n) is 8.59. The van der Waals surface area contributed by atoms with Gasteiger partial charge in [-0.05, 0) is 32.5 Å². The molecule has 0 unspecified atom stereocenters. The Morgan fingerprint density at radius 3 is 3.00 bits per heavy atom. The smallest absolute Gasteiger partial charge is 0.274 e. The summed E-state index contributed by atoms with van der Waals surface area (Å²) >= 11 is 0. The number of benzene rings is 1. The van der Waals surface area contributed by atoms with Gasteiger partial charge in [-0.3, -0.25) is 14.5 Å². The van der Waals surface area contributed by atoms with Crippen molar-refractivity contribution in [2.45, 2.75) is 38.3 Å². The Morgan fingerprint density at radius 2 is 2.12 bits per heavy atom. The molecule has 0 aliphatic carbocycles. The van der Waals surface area contributed by atoms with Crippen LogP contribution in [0.25, 0.3) is 10.8 Å². The second-order valence-corrected chi connectivity index (χ2v) is 6.40. The number of nitrogens with one attached hydrogen (secondary N) is 1. The minimum Gasteiger partial charge on any atom is -0.353 e. The molecule has 1 fully saturated rings. The van der Waals surface area contributed by atoms with Crippen LogP contribution in [0.15, 0.2) is 35.3 Å². The zero-order chi connectivity index (χ0) is 16.9. The lowest BCUT2D eigenvalue weighted by Gasteiger charge is -2.24. The van der Waals surface area contributed by atoms with E-state index in [0.29, 0.717) is 18.5 Å². The Kier molecular flexibility index (Phi) is 5.25. The summed E-state index contributed by atoms with van der Waals surface area (Å²) in [7, 11) is 2.00. The first kappa shape index (κ1) is 16.6. The topological polar surface area (TPSA) is 67.2 Å². The second kappa shape index (κ2) is 7.57. The van der Waals surface area contributed by atoms with Crippen LogP contribution in [-0.4, -0.2) is 46.8 Å². The number of amides is 1. The summed E-state index contributed by atoms with van der Waals surface area (Å²) in [6.07, 6.45) is 6.02. The summed E-state index contributed by atoms with van der Waals surface area (Å²) < 4.78 is 1.42. The molecule has 0 spiro atoms. The summed E-state index contributed by atoms with van der Waals surface area (Å²) in [6, 6.07) is 7.34. The van der Waals surface area contributed by atoms with Crippen molar-refractivity contribution in [1.29, 1.82) is 0 Å². The highest BCUT2D eigenvalue weighted by molar-refractivity contribution is 5.82. The molecule has 0 bridgehead atoms. The molecular formula is C18H24N4O2. The van der Waals surface area contributed by atoms with Gasteiger partial charge in [0.05, 0.1) is 24.2 Å². The molecule has 1 atom stereocenters. The number of nitrogens with zero attached hydrogens (tertiary/aromatic N) is 3. The van der Waals surface area contributed by atoms with E-state index in [1.807, 2.05) is 25.2 Å². The lowest BCUT2D eigenvalue weighted by atomic mass is 10.1. The fourth-order valence-corrected chi connectivity index (χ4v) is 3.27. The standard InChI is InChI=1S/C18H24N4O2/c1-21-11-6-2-3-9-16(21)17(23)19-10-12-22-18(24)15-8-5-4-7-14(15)13-20-22/h4-5,7-8,13,16H,2-3,6,9-12H2,1H3,(H,19,23)/t16-/m0/s1. The third-order valence-electron chi connectivity index (χ3n) is 4.71. The Morgan fingerprint density at radius 1 is 1.29 bits per heavy atom. The number of hydrogen-bond acceptors (Lipinski definition) is 4. The molecule has 0 saturated carbocycles. The minimum atomic E-state index is -0.117. The molecule has 2 heterocycles. The van der Waals surface area contributed by atoms with Gasteiger partial charge < -0.3 is 5.32 Å². The fourth-order valence-electron chi connectivity index (χ4n) is 3.27. The van der Waals surface area contributed by atoms with Crippen molar-refractivity contribution in [3.05, 3.63) is 40.8 Å². The highest BCUT2D eigenvalue weighted by Crippen LogP contribution is 2.15. The molecule has 1 amide bonds. The molecule has 6 nitrogen and oxygen atoms in total. The number of carbonyl (C=O) groups excluding carboxylic acids is 1. The van der Waals surface area contributed by atoms with Gasteiger partial charge in [0.2, 0.25) is 5.91 Å². The maximum atomic E-state index is 12.4. The number of carbonyl (C=O) groups is 1. The minimum absolute atomic E-state index is 0.0493. The van der Waals surface area contributed by atoms with Gasteiger partial charge in [0.15, 0.2) is 0 Å². The van der Waals surface area contributed by atoms with E-state index in [9.17, 15) is 9.59 Å². The van der Waals surface area contributed by atoms with Gasteiger partial charge >= 0.3 is 0 Å². The average molecular weight is 328 g/mol. The number of aromatic nitrogens is 2. The van der Waals surface area contributed by atoms with Crippen LogP contribution in [0.1, 0.15) is 25.7 Å². The molecule has 1 saturated heterocycles. The molecule has 24 heavy (non-hydrogen) atoms. The summed E-state index contributed by atoms with van der Waals surface area (Å²) in [5.74, 6) is 0.0493. The van der Waals surface area contributed by atoms with E-state index in [-0.39, 0.29) is 17.5 Å². The Bertz CT molecular complexity index is 771. The number of likely N-dealkylation sites (tertiary alicyclic amines) is 1. The van der Waals surface area contributed by atoms with Gasteiger partial charge in [0, 0.05) is 11.9 Å². The molecule has 6 heteroatoms. The third kappa shape index (κ3) is 3.64. The van der Waals surface area contributed by atoms with Gasteiger partial charge in [0.1, 0.15) is 0 Å². The van der Waals surface area contributed by atoms with Crippen LogP contribution >= 0.6 is 0 Å². The van der Waals surface area contributed by atoms with E-state index in [4.69, 9.17) is 0 Å². The summed E-state index contributed by atoms with van der Waals surface area (Å²) in [5.41, 5.74) is -0.117. The molecular weight excluding hydrogens is 304 g/mol. The summed E-state index contributed by atoms with van der Waals surface area (Å²) in [4.78, 5) is 26.9. The normalized spacial score (nSPS) is 19.1. The van der Waals surface area contributed by atoms with Crippen LogP contribution in [-0.2, 0) is 11.3 Å². The number of likely N-dealkylation sites (N-methyl/N-ethyl adjacent to an activating group) is 1. The second-order valence-electron chi connectivity index (χ2n) is 6.40. The number of rotatable bonds is 4. The van der Waals surface area contributed by atoms with Gasteiger partial charge in [-0.1, -0.05) is 31.0 Å². The van der Waals surface area contributed by atoms with Gasteiger partial charge in [0.25, 0.3) is 5.56 Å². The van der Waals surface area contributed by atoms with Crippen molar-refractivity contribution < 1.29 is 4.79 Å². The van der Waals surface area contributed by atoms with E-state index in [2.05, 4.69) is 15.3 Å². The van der Waals surface area contributed by atoms with Crippen LogP contribution in [0.3, 0.4) is 0 Å². The predicted octanol–water partition coefficient (Wildman–Crippen LogP) is 1.39. The van der Waals surface area contributed by atoms with Crippen LogP contribution in [0.4, 0.5) is 0 Å². The largest absolute Gasteiger partial charge is 0.353 e. The SMILES string of the molecule is CN1CCCCC[C@H]1C(=O)NCCn1ncc2ccccc2c1=O. The van der Waals surface area contributed by atoms with Crippen molar-refractivity contribution >= 4 is 16.7 Å². The third-order valence-corrected chi connectivity index (χ3v) is 4.71. The highest BCUT2D eigenvalue weighted by atomic mass is 16.2. The predicted molar refractivity (Wildman–Crippen MR) is 93.9 cm³/mol. The van der Waals surface area contributed by atoms with Gasteiger partial charge in [-0.2, -0.15) is 5.10 Å². The molecule has 1 aliphatic heterocycles. The van der Waals surface area contributed by atoms with Gasteiger partial charge in [-0.25, -0.2) is 4.68 Å². The maximum Gasteiger partial charge on any atom is 0.274 e. The quantitative estimate of drug-likeness (QED) is 0.921. The molecule has 0 radical (unpaired) electrons. The van der Waals surface area contributed by atoms with Crippen LogP contribution in [0, 0.1) is 0 Å². The Labute approximate surface area is 141 Å². The van der Waals surface area contributed by atoms with Crippen LogP contribution in [0.2, 0.25) is 0 Å². The fraction of sp³-hybridized carbons (Fsp3) is 0.500. The van der Waals surface area contributed by atoms with E-state index < -0.39 is 0 Å². The highest BCUT2D eigenvalue weighted by Gasteiger charge is 2.24. The zero-order valence-electron chi connectivity index (χ0n) is 14.1. The molecule has 3 rings (SSSR count). The summed E-state index contributed by atoms with van der Waals surface area (Å²) in [5, 5.41) is 8.63. The average Bonchev–Trinajstić information content (AvgIpc) is 2.81. The molecule has 128 valence electrons. The van der Waals surface area contributed by atoms with E-state index in [1.165, 1.54) is 11.1 Å². The van der Waals surface area contributed by atoms with Gasteiger partial charge in [-0.15, -0.1) is 0 Å². The monoisotopic (exact) mass is 328 g/mol. The first-order chi connectivity index (χ1) is 11.7. The van der Waals surface area contributed by atoms with Crippen molar-refractivity contribution in [3.63, 3.8) is 0 Å². The lowest BCUT2D eigenvalue weighted by Crippen LogP contribution is -2.45. The van der Waals surface area contributed by atoms with E-state index in [1.54, 1.807) is 12.3 Å². The molecule has 1 aromatic heterocycles. The Balaban J connectivity index is 1.61. The molecule has 2 aromatic rings.